The first-order chi connectivity index (χ1) is 10.0. The Morgan fingerprint density at radius 3 is 2.18 bits per heavy atom. The largest absolute Gasteiger partial charge is 0.444 e. The number of nitrogens with one attached hydrogen (secondary N) is 2. The number of hydrogen-bond acceptors (Lipinski definition) is 3. The number of nitrogens with zero attached hydrogens (tertiary/aromatic N) is 1. The molecule has 0 aromatic heterocycles. The van der Waals surface area contributed by atoms with E-state index in [4.69, 9.17) is 10.5 Å². The van der Waals surface area contributed by atoms with Crippen LogP contribution in [0.25, 0.3) is 0 Å². The summed E-state index contributed by atoms with van der Waals surface area (Å²) in [5.74, 6) is 0.904. The van der Waals surface area contributed by atoms with Gasteiger partial charge in [0.15, 0.2) is 5.96 Å². The van der Waals surface area contributed by atoms with Gasteiger partial charge in [-0.05, 0) is 39.5 Å². The molecule has 6 nitrogen and oxygen atoms in total. The SMILES string of the molecule is CCC(CC)(CN=C(N)NCC(C)C)NC(=O)OC(C)(C)C. The fourth-order valence-electron chi connectivity index (χ4n) is 1.81. The molecule has 0 unspecified atom stereocenters. The van der Waals surface area contributed by atoms with Crippen molar-refractivity contribution in [1.29, 1.82) is 0 Å². The lowest BCUT2D eigenvalue weighted by atomic mass is 9.93. The molecule has 0 aromatic rings. The molecular formula is C16H34N4O2. The second-order valence-electron chi connectivity index (χ2n) is 7.09. The van der Waals surface area contributed by atoms with E-state index in [1.807, 2.05) is 34.6 Å². The summed E-state index contributed by atoms with van der Waals surface area (Å²) in [7, 11) is 0. The molecule has 0 saturated heterocycles. The fraction of sp³-hybridized carbons (Fsp3) is 0.875. The topological polar surface area (TPSA) is 88.7 Å². The van der Waals surface area contributed by atoms with Gasteiger partial charge in [0.25, 0.3) is 0 Å². The molecular weight excluding hydrogens is 280 g/mol. The minimum Gasteiger partial charge on any atom is -0.444 e. The van der Waals surface area contributed by atoms with Crippen LogP contribution in [0.5, 0.6) is 0 Å². The number of guanidine groups is 1. The van der Waals surface area contributed by atoms with E-state index in [2.05, 4.69) is 29.5 Å². The zero-order chi connectivity index (χ0) is 17.4. The van der Waals surface area contributed by atoms with Crippen molar-refractivity contribution >= 4 is 12.1 Å². The minimum absolute atomic E-state index is 0.408. The van der Waals surface area contributed by atoms with Gasteiger partial charge in [-0.2, -0.15) is 0 Å². The van der Waals surface area contributed by atoms with Gasteiger partial charge in [-0.1, -0.05) is 27.7 Å². The van der Waals surface area contributed by atoms with Gasteiger partial charge in [-0.3, -0.25) is 4.99 Å². The first kappa shape index (κ1) is 20.5. The Balaban J connectivity index is 4.74. The Kier molecular flexibility index (Phi) is 8.27. The molecule has 0 rings (SSSR count). The van der Waals surface area contributed by atoms with Crippen molar-refractivity contribution in [1.82, 2.24) is 10.6 Å². The third-order valence-electron chi connectivity index (χ3n) is 3.36. The third kappa shape index (κ3) is 8.74. The number of carbonyl (C=O) groups is 1. The van der Waals surface area contributed by atoms with E-state index in [1.165, 1.54) is 0 Å². The molecule has 0 aliphatic rings. The van der Waals surface area contributed by atoms with Crippen LogP contribution in [0.3, 0.4) is 0 Å². The summed E-state index contributed by atoms with van der Waals surface area (Å²) >= 11 is 0. The van der Waals surface area contributed by atoms with Gasteiger partial charge < -0.3 is 21.1 Å². The summed E-state index contributed by atoms with van der Waals surface area (Å²) in [4.78, 5) is 16.4. The van der Waals surface area contributed by atoms with Crippen LogP contribution in [0.15, 0.2) is 4.99 Å². The maximum atomic E-state index is 12.0. The number of hydrogen-bond donors (Lipinski definition) is 3. The quantitative estimate of drug-likeness (QED) is 0.498. The lowest BCUT2D eigenvalue weighted by molar-refractivity contribution is 0.0452. The number of aliphatic imine (C=N–C) groups is 1. The highest BCUT2D eigenvalue weighted by atomic mass is 16.6. The highest BCUT2D eigenvalue weighted by molar-refractivity contribution is 5.78. The Labute approximate surface area is 135 Å². The van der Waals surface area contributed by atoms with Crippen molar-refractivity contribution in [2.24, 2.45) is 16.6 Å². The fourth-order valence-corrected chi connectivity index (χ4v) is 1.81. The van der Waals surface area contributed by atoms with Crippen LogP contribution in [-0.4, -0.2) is 36.3 Å². The third-order valence-corrected chi connectivity index (χ3v) is 3.36. The van der Waals surface area contributed by atoms with Gasteiger partial charge in [0.05, 0.1) is 12.1 Å². The van der Waals surface area contributed by atoms with E-state index >= 15 is 0 Å². The second-order valence-corrected chi connectivity index (χ2v) is 7.09. The molecule has 0 saturated carbocycles. The monoisotopic (exact) mass is 314 g/mol. The van der Waals surface area contributed by atoms with Crippen molar-refractivity contribution in [2.45, 2.75) is 72.4 Å². The molecule has 1 amide bonds. The van der Waals surface area contributed by atoms with Crippen molar-refractivity contribution < 1.29 is 9.53 Å². The number of amides is 1. The first-order valence-electron chi connectivity index (χ1n) is 8.08. The van der Waals surface area contributed by atoms with E-state index in [0.29, 0.717) is 18.4 Å². The van der Waals surface area contributed by atoms with Crippen LogP contribution in [0.4, 0.5) is 4.79 Å². The molecule has 4 N–H and O–H groups in total. The first-order valence-corrected chi connectivity index (χ1v) is 8.08. The van der Waals surface area contributed by atoms with Crippen LogP contribution >= 0.6 is 0 Å². The van der Waals surface area contributed by atoms with Crippen LogP contribution in [-0.2, 0) is 4.74 Å². The maximum absolute atomic E-state index is 12.0. The average molecular weight is 314 g/mol. The Hall–Kier alpha value is -1.46. The normalized spacial score (nSPS) is 13.2. The predicted octanol–water partition coefficient (Wildman–Crippen LogP) is 2.63. The van der Waals surface area contributed by atoms with Gasteiger partial charge in [0.2, 0.25) is 0 Å². The van der Waals surface area contributed by atoms with Crippen molar-refractivity contribution in [2.75, 3.05) is 13.1 Å². The summed E-state index contributed by atoms with van der Waals surface area (Å²) in [6.07, 6.45) is 1.09. The second kappa shape index (κ2) is 8.86. The van der Waals surface area contributed by atoms with Gasteiger partial charge in [-0.15, -0.1) is 0 Å². The molecule has 0 spiro atoms. The lowest BCUT2D eigenvalue weighted by Gasteiger charge is -2.32. The van der Waals surface area contributed by atoms with Crippen LogP contribution in [0.2, 0.25) is 0 Å². The van der Waals surface area contributed by atoms with Crippen molar-refractivity contribution in [3.05, 3.63) is 0 Å². The van der Waals surface area contributed by atoms with Crippen molar-refractivity contribution in [3.8, 4) is 0 Å². The van der Waals surface area contributed by atoms with Gasteiger partial charge in [-0.25, -0.2) is 4.79 Å². The molecule has 0 radical (unpaired) electrons. The lowest BCUT2D eigenvalue weighted by Crippen LogP contribution is -2.52. The average Bonchev–Trinajstić information content (AvgIpc) is 2.39. The highest BCUT2D eigenvalue weighted by Crippen LogP contribution is 2.17. The zero-order valence-electron chi connectivity index (χ0n) is 15.2. The van der Waals surface area contributed by atoms with Gasteiger partial charge in [0.1, 0.15) is 5.60 Å². The number of rotatable bonds is 7. The Morgan fingerprint density at radius 2 is 1.77 bits per heavy atom. The summed E-state index contributed by atoms with van der Waals surface area (Å²) in [6.45, 7) is 15.0. The molecule has 0 aromatic carbocycles. The molecule has 6 heteroatoms. The van der Waals surface area contributed by atoms with E-state index < -0.39 is 17.2 Å². The summed E-state index contributed by atoms with van der Waals surface area (Å²) < 4.78 is 5.34. The highest BCUT2D eigenvalue weighted by Gasteiger charge is 2.30. The molecule has 130 valence electrons. The molecule has 0 atom stereocenters. The maximum Gasteiger partial charge on any atom is 0.408 e. The summed E-state index contributed by atoms with van der Waals surface area (Å²) in [6, 6.07) is 0. The van der Waals surface area contributed by atoms with Crippen LogP contribution in [0.1, 0.15) is 61.3 Å². The predicted molar refractivity (Wildman–Crippen MR) is 92.0 cm³/mol. The van der Waals surface area contributed by atoms with E-state index in [-0.39, 0.29) is 0 Å². The van der Waals surface area contributed by atoms with Crippen LogP contribution in [0, 0.1) is 5.92 Å². The number of nitrogens with two attached hydrogens (primary N) is 1. The molecule has 0 aliphatic carbocycles. The van der Waals surface area contributed by atoms with Crippen LogP contribution < -0.4 is 16.4 Å². The molecule has 0 bridgehead atoms. The van der Waals surface area contributed by atoms with Gasteiger partial charge in [0, 0.05) is 6.54 Å². The Morgan fingerprint density at radius 1 is 1.23 bits per heavy atom. The van der Waals surface area contributed by atoms with Gasteiger partial charge >= 0.3 is 6.09 Å². The number of alkyl carbamates (subject to hydrolysis) is 1. The van der Waals surface area contributed by atoms with E-state index in [0.717, 1.165) is 19.4 Å². The van der Waals surface area contributed by atoms with E-state index in [9.17, 15) is 4.79 Å². The molecule has 0 heterocycles. The number of carbonyl (C=O) groups excluding carboxylic acids is 1. The van der Waals surface area contributed by atoms with E-state index in [1.54, 1.807) is 0 Å². The Bertz CT molecular complexity index is 369. The summed E-state index contributed by atoms with van der Waals surface area (Å²) in [5, 5.41) is 6.03. The number of ether oxygens (including phenoxy) is 1. The zero-order valence-corrected chi connectivity index (χ0v) is 15.2. The van der Waals surface area contributed by atoms with Crippen molar-refractivity contribution in [3.63, 3.8) is 0 Å². The minimum atomic E-state index is -0.515. The molecule has 22 heavy (non-hydrogen) atoms. The molecule has 0 fully saturated rings. The smallest absolute Gasteiger partial charge is 0.408 e. The molecule has 0 aliphatic heterocycles. The standard InChI is InChI=1S/C16H34N4O2/c1-8-16(9-2,20-14(21)22-15(5,6)7)11-19-13(17)18-10-12(3)4/h12H,8-11H2,1-7H3,(H,20,21)(H3,17,18,19). The summed E-state index contributed by atoms with van der Waals surface area (Å²) in [5.41, 5.74) is 4.91.